The van der Waals surface area contributed by atoms with Crippen molar-refractivity contribution >= 4 is 33.6 Å². The van der Waals surface area contributed by atoms with Crippen molar-refractivity contribution in [2.24, 2.45) is 10.9 Å². The number of rotatable bonds is 4. The van der Waals surface area contributed by atoms with E-state index in [1.54, 1.807) is 6.92 Å². The molecule has 0 aliphatic carbocycles. The summed E-state index contributed by atoms with van der Waals surface area (Å²) in [5.74, 6) is -1.52. The number of halogens is 1. The van der Waals surface area contributed by atoms with Crippen LogP contribution in [0.3, 0.4) is 0 Å². The summed E-state index contributed by atoms with van der Waals surface area (Å²) < 4.78 is 6.00. The van der Waals surface area contributed by atoms with Crippen molar-refractivity contribution in [3.05, 3.63) is 70.2 Å². The van der Waals surface area contributed by atoms with Crippen LogP contribution in [0.5, 0.6) is 0 Å². The Hall–Kier alpha value is -2.47. The third-order valence-electron chi connectivity index (χ3n) is 3.91. The van der Waals surface area contributed by atoms with E-state index in [1.807, 2.05) is 54.6 Å². The number of carbonyl (C=O) groups excluding carboxylic acids is 2. The molecule has 2 atom stereocenters. The highest BCUT2D eigenvalue weighted by Gasteiger charge is 2.41. The van der Waals surface area contributed by atoms with Gasteiger partial charge in [0.25, 0.3) is 0 Å². The van der Waals surface area contributed by atoms with E-state index in [4.69, 9.17) is 4.74 Å². The molecule has 2 aromatic carbocycles. The minimum Gasteiger partial charge on any atom is -0.465 e. The summed E-state index contributed by atoms with van der Waals surface area (Å²) in [7, 11) is 0. The van der Waals surface area contributed by atoms with Crippen LogP contribution in [0.2, 0.25) is 0 Å². The smallest absolute Gasteiger partial charge is 0.321 e. The summed E-state index contributed by atoms with van der Waals surface area (Å²) in [6.45, 7) is 1.93. The molecule has 5 nitrogen and oxygen atoms in total. The monoisotopic (exact) mass is 400 g/mol. The van der Waals surface area contributed by atoms with Crippen molar-refractivity contribution in [3.8, 4) is 0 Å². The van der Waals surface area contributed by atoms with E-state index in [0.717, 1.165) is 15.6 Å². The fourth-order valence-electron chi connectivity index (χ4n) is 2.72. The van der Waals surface area contributed by atoms with Crippen LogP contribution in [-0.2, 0) is 14.3 Å². The van der Waals surface area contributed by atoms with Gasteiger partial charge in [-0.25, -0.2) is 0 Å². The molecule has 0 unspecified atom stereocenters. The molecule has 0 saturated heterocycles. The van der Waals surface area contributed by atoms with Crippen LogP contribution >= 0.6 is 15.9 Å². The van der Waals surface area contributed by atoms with Crippen LogP contribution in [-0.4, -0.2) is 24.3 Å². The number of carbonyl (C=O) groups is 2. The van der Waals surface area contributed by atoms with Crippen LogP contribution in [0, 0.1) is 5.92 Å². The zero-order valence-corrected chi connectivity index (χ0v) is 15.2. The largest absolute Gasteiger partial charge is 0.465 e. The molecule has 0 radical (unpaired) electrons. The minimum atomic E-state index is -1.01. The first kappa shape index (κ1) is 17.4. The van der Waals surface area contributed by atoms with Gasteiger partial charge in [0.05, 0.1) is 12.6 Å². The van der Waals surface area contributed by atoms with Crippen LogP contribution < -0.4 is 5.32 Å². The van der Waals surface area contributed by atoms with Gasteiger partial charge >= 0.3 is 5.97 Å². The maximum Gasteiger partial charge on any atom is 0.321 e. The molecule has 0 spiro atoms. The number of aliphatic imine (C=N–C) groups is 1. The van der Waals surface area contributed by atoms with Gasteiger partial charge in [-0.2, -0.15) is 0 Å². The van der Waals surface area contributed by atoms with Crippen molar-refractivity contribution in [3.63, 3.8) is 0 Å². The molecule has 2 aromatic rings. The molecular weight excluding hydrogens is 384 g/mol. The molecule has 25 heavy (non-hydrogen) atoms. The summed E-state index contributed by atoms with van der Waals surface area (Å²) in [5.41, 5.74) is 1.57. The summed E-state index contributed by atoms with van der Waals surface area (Å²) in [6.07, 6.45) is 0. The standard InChI is InChI=1S/C19H17BrN2O3/c1-2-25-19(24)15-16(12-8-10-14(20)11-9-12)21-17(22-18(15)23)13-6-4-3-5-7-13/h3-11,15-16H,2H2,1H3,(H,21,22,23)/t15-,16-/m1/s1. The number of hydrogen-bond donors (Lipinski definition) is 1. The molecule has 1 aliphatic rings. The fraction of sp³-hybridized carbons (Fsp3) is 0.211. The number of hydrogen-bond acceptors (Lipinski definition) is 4. The fourth-order valence-corrected chi connectivity index (χ4v) is 2.99. The normalized spacial score (nSPS) is 19.8. The highest BCUT2D eigenvalue weighted by atomic mass is 79.9. The number of nitrogens with one attached hydrogen (secondary N) is 1. The minimum absolute atomic E-state index is 0.213. The topological polar surface area (TPSA) is 67.8 Å². The lowest BCUT2D eigenvalue weighted by Gasteiger charge is -2.28. The van der Waals surface area contributed by atoms with Gasteiger partial charge in [0, 0.05) is 10.0 Å². The van der Waals surface area contributed by atoms with E-state index in [0.29, 0.717) is 5.84 Å². The zero-order chi connectivity index (χ0) is 17.8. The molecular formula is C19H17BrN2O3. The van der Waals surface area contributed by atoms with Crippen LogP contribution in [0.1, 0.15) is 24.1 Å². The maximum absolute atomic E-state index is 12.6. The van der Waals surface area contributed by atoms with E-state index < -0.39 is 23.8 Å². The lowest BCUT2D eigenvalue weighted by Crippen LogP contribution is -2.47. The van der Waals surface area contributed by atoms with E-state index in [2.05, 4.69) is 26.2 Å². The van der Waals surface area contributed by atoms with Crippen molar-refractivity contribution in [2.75, 3.05) is 6.61 Å². The zero-order valence-electron chi connectivity index (χ0n) is 13.6. The first-order chi connectivity index (χ1) is 12.1. The first-order valence-corrected chi connectivity index (χ1v) is 8.75. The third kappa shape index (κ3) is 3.79. The lowest BCUT2D eigenvalue weighted by atomic mass is 9.90. The van der Waals surface area contributed by atoms with Gasteiger partial charge in [-0.15, -0.1) is 0 Å². The van der Waals surface area contributed by atoms with Crippen molar-refractivity contribution < 1.29 is 14.3 Å². The Labute approximate surface area is 154 Å². The second-order valence-corrected chi connectivity index (χ2v) is 6.47. The molecule has 0 saturated carbocycles. The van der Waals surface area contributed by atoms with Gasteiger partial charge in [0.1, 0.15) is 5.84 Å². The average Bonchev–Trinajstić information content (AvgIpc) is 2.62. The second-order valence-electron chi connectivity index (χ2n) is 5.56. The molecule has 0 aromatic heterocycles. The molecule has 3 rings (SSSR count). The summed E-state index contributed by atoms with van der Waals surface area (Å²) in [4.78, 5) is 29.6. The molecule has 0 bridgehead atoms. The Morgan fingerprint density at radius 3 is 2.48 bits per heavy atom. The molecule has 128 valence electrons. The predicted molar refractivity (Wildman–Crippen MR) is 98.1 cm³/mol. The van der Waals surface area contributed by atoms with Crippen LogP contribution in [0.4, 0.5) is 0 Å². The van der Waals surface area contributed by atoms with Gasteiger partial charge in [0.2, 0.25) is 5.91 Å². The van der Waals surface area contributed by atoms with E-state index in [1.165, 1.54) is 0 Å². The van der Waals surface area contributed by atoms with E-state index in [-0.39, 0.29) is 6.61 Å². The van der Waals surface area contributed by atoms with Crippen molar-refractivity contribution in [1.29, 1.82) is 0 Å². The average molecular weight is 401 g/mol. The Bertz CT molecular complexity index is 803. The van der Waals surface area contributed by atoms with Crippen molar-refractivity contribution in [1.82, 2.24) is 5.32 Å². The second kappa shape index (κ2) is 7.61. The number of amidine groups is 1. The Kier molecular flexibility index (Phi) is 5.28. The third-order valence-corrected chi connectivity index (χ3v) is 4.44. The van der Waals surface area contributed by atoms with Gasteiger partial charge in [-0.05, 0) is 24.6 Å². The quantitative estimate of drug-likeness (QED) is 0.632. The van der Waals surface area contributed by atoms with Crippen LogP contribution in [0.15, 0.2) is 64.1 Å². The van der Waals surface area contributed by atoms with Gasteiger partial charge in [-0.1, -0.05) is 58.4 Å². The number of nitrogens with zero attached hydrogens (tertiary/aromatic N) is 1. The van der Waals surface area contributed by atoms with Crippen LogP contribution in [0.25, 0.3) is 0 Å². The summed E-state index contributed by atoms with van der Waals surface area (Å²) in [6, 6.07) is 16.2. The van der Waals surface area contributed by atoms with Gasteiger partial charge < -0.3 is 10.1 Å². The Balaban J connectivity index is 2.05. The van der Waals surface area contributed by atoms with Gasteiger partial charge in [0.15, 0.2) is 5.92 Å². The lowest BCUT2D eigenvalue weighted by molar-refractivity contribution is -0.153. The highest BCUT2D eigenvalue weighted by molar-refractivity contribution is 9.10. The van der Waals surface area contributed by atoms with Gasteiger partial charge in [-0.3, -0.25) is 14.6 Å². The SMILES string of the molecule is CCOC(=O)[C@H]1C(=O)NC(c2ccccc2)=N[C@@H]1c1ccc(Br)cc1. The van der Waals surface area contributed by atoms with E-state index in [9.17, 15) is 9.59 Å². The Morgan fingerprint density at radius 2 is 1.84 bits per heavy atom. The highest BCUT2D eigenvalue weighted by Crippen LogP contribution is 2.32. The molecule has 1 heterocycles. The van der Waals surface area contributed by atoms with E-state index >= 15 is 0 Å². The molecule has 1 aliphatic heterocycles. The first-order valence-electron chi connectivity index (χ1n) is 7.96. The number of ether oxygens (including phenoxy) is 1. The number of amides is 1. The number of benzene rings is 2. The summed E-state index contributed by atoms with van der Waals surface area (Å²) >= 11 is 3.39. The molecule has 1 N–H and O–H groups in total. The maximum atomic E-state index is 12.6. The summed E-state index contributed by atoms with van der Waals surface area (Å²) in [5, 5.41) is 2.73. The molecule has 6 heteroatoms. The molecule has 1 amide bonds. The molecule has 0 fully saturated rings. The number of esters is 1. The van der Waals surface area contributed by atoms with Crippen molar-refractivity contribution in [2.45, 2.75) is 13.0 Å². The Morgan fingerprint density at radius 1 is 1.16 bits per heavy atom. The predicted octanol–water partition coefficient (Wildman–Crippen LogP) is 3.25.